The van der Waals surface area contributed by atoms with Gasteiger partial charge in [0.25, 0.3) is 5.91 Å². The maximum absolute atomic E-state index is 12.3. The van der Waals surface area contributed by atoms with Gasteiger partial charge in [-0.3, -0.25) is 10.1 Å². The van der Waals surface area contributed by atoms with Crippen LogP contribution in [0, 0.1) is 6.92 Å². The quantitative estimate of drug-likeness (QED) is 0.862. The number of carbonyl (C=O) groups excluding carboxylic acids is 1. The van der Waals surface area contributed by atoms with E-state index in [1.165, 1.54) is 16.2 Å². The van der Waals surface area contributed by atoms with E-state index in [2.05, 4.69) is 10.3 Å². The van der Waals surface area contributed by atoms with Gasteiger partial charge in [-0.1, -0.05) is 17.7 Å². The fraction of sp³-hybridized carbons (Fsp3) is 0.333. The lowest BCUT2D eigenvalue weighted by Crippen LogP contribution is -2.27. The number of carbonyl (C=O) groups is 1. The molecular formula is C15H17Cl2N3OS. The number of aromatic nitrogens is 1. The number of thiazole rings is 1. The standard InChI is InChI=1S/C15H16ClN3OS.ClH/c1-8-10(3-2-4-11(8)16)14(20)19-15-18-12-6-5-9(17)7-13(12)21-15;/h2-4,9H,5-7,17H2,1H3,(H,18,19,20);1H/t9-;/m0./s1. The zero-order chi connectivity index (χ0) is 15.0. The molecule has 1 aromatic heterocycles. The van der Waals surface area contributed by atoms with E-state index < -0.39 is 0 Å². The monoisotopic (exact) mass is 357 g/mol. The molecule has 0 saturated heterocycles. The van der Waals surface area contributed by atoms with Crippen LogP contribution < -0.4 is 11.1 Å². The molecule has 0 unspecified atom stereocenters. The van der Waals surface area contributed by atoms with Crippen molar-refractivity contribution in [2.24, 2.45) is 5.73 Å². The van der Waals surface area contributed by atoms with Gasteiger partial charge >= 0.3 is 0 Å². The van der Waals surface area contributed by atoms with Crippen molar-refractivity contribution in [3.8, 4) is 0 Å². The van der Waals surface area contributed by atoms with E-state index in [9.17, 15) is 4.79 Å². The van der Waals surface area contributed by atoms with E-state index >= 15 is 0 Å². The normalized spacial score (nSPS) is 16.6. The van der Waals surface area contributed by atoms with Crippen LogP contribution in [-0.4, -0.2) is 16.9 Å². The van der Waals surface area contributed by atoms with Gasteiger partial charge in [0.1, 0.15) is 0 Å². The van der Waals surface area contributed by atoms with Gasteiger partial charge in [-0.05, 0) is 43.9 Å². The predicted octanol–water partition coefficient (Wildman–Crippen LogP) is 3.60. The lowest BCUT2D eigenvalue weighted by molar-refractivity contribution is 0.102. The summed E-state index contributed by atoms with van der Waals surface area (Å²) in [5.74, 6) is -0.176. The first-order valence-electron chi connectivity index (χ1n) is 6.85. The molecule has 7 heteroatoms. The van der Waals surface area contributed by atoms with Crippen molar-refractivity contribution < 1.29 is 4.79 Å². The number of nitrogens with one attached hydrogen (secondary N) is 1. The van der Waals surface area contributed by atoms with E-state index in [4.69, 9.17) is 17.3 Å². The van der Waals surface area contributed by atoms with Crippen LogP contribution in [0.25, 0.3) is 0 Å². The molecule has 0 aliphatic heterocycles. The predicted molar refractivity (Wildman–Crippen MR) is 93.5 cm³/mol. The summed E-state index contributed by atoms with van der Waals surface area (Å²) in [6, 6.07) is 5.52. The molecule has 0 bridgehead atoms. The topological polar surface area (TPSA) is 68.0 Å². The molecule has 0 fully saturated rings. The number of nitrogens with zero attached hydrogens (tertiary/aromatic N) is 1. The molecule has 118 valence electrons. The third-order valence-electron chi connectivity index (χ3n) is 3.71. The average Bonchev–Trinajstić information content (AvgIpc) is 2.83. The van der Waals surface area contributed by atoms with Crippen LogP contribution in [0.5, 0.6) is 0 Å². The van der Waals surface area contributed by atoms with Gasteiger partial charge in [-0.2, -0.15) is 0 Å². The van der Waals surface area contributed by atoms with Crippen molar-refractivity contribution in [3.63, 3.8) is 0 Å². The summed E-state index contributed by atoms with van der Waals surface area (Å²) in [6.07, 6.45) is 2.69. The first-order valence-corrected chi connectivity index (χ1v) is 8.04. The molecule has 2 aromatic rings. The summed E-state index contributed by atoms with van der Waals surface area (Å²) >= 11 is 7.57. The number of amides is 1. The molecule has 3 rings (SSSR count). The highest BCUT2D eigenvalue weighted by atomic mass is 35.5. The number of hydrogen-bond donors (Lipinski definition) is 2. The third kappa shape index (κ3) is 3.43. The van der Waals surface area contributed by atoms with E-state index in [1.807, 2.05) is 6.92 Å². The Morgan fingerprint density at radius 1 is 1.50 bits per heavy atom. The van der Waals surface area contributed by atoms with E-state index in [0.29, 0.717) is 15.7 Å². The summed E-state index contributed by atoms with van der Waals surface area (Å²) in [7, 11) is 0. The third-order valence-corrected chi connectivity index (χ3v) is 5.16. The van der Waals surface area contributed by atoms with Gasteiger partial charge in [-0.25, -0.2) is 4.98 Å². The van der Waals surface area contributed by atoms with Gasteiger partial charge in [0, 0.05) is 21.5 Å². The number of nitrogens with two attached hydrogens (primary N) is 1. The van der Waals surface area contributed by atoms with Crippen molar-refractivity contribution in [3.05, 3.63) is 44.9 Å². The zero-order valence-corrected chi connectivity index (χ0v) is 14.4. The molecule has 0 radical (unpaired) electrons. The van der Waals surface area contributed by atoms with Crippen LogP contribution in [0.4, 0.5) is 5.13 Å². The lowest BCUT2D eigenvalue weighted by Gasteiger charge is -2.15. The van der Waals surface area contributed by atoms with Crippen LogP contribution in [0.2, 0.25) is 5.02 Å². The Morgan fingerprint density at radius 2 is 2.27 bits per heavy atom. The Kier molecular flexibility index (Phi) is 5.45. The summed E-state index contributed by atoms with van der Waals surface area (Å²) in [5, 5.41) is 4.09. The first-order chi connectivity index (χ1) is 10.0. The number of anilines is 1. The second-order valence-corrected chi connectivity index (χ2v) is 6.75. The van der Waals surface area contributed by atoms with Crippen LogP contribution in [0.1, 0.15) is 32.9 Å². The minimum atomic E-state index is -0.176. The van der Waals surface area contributed by atoms with Crippen LogP contribution >= 0.6 is 35.3 Å². The summed E-state index contributed by atoms with van der Waals surface area (Å²) in [6.45, 7) is 1.84. The number of fused-ring (bicyclic) bond motifs is 1. The smallest absolute Gasteiger partial charge is 0.257 e. The minimum Gasteiger partial charge on any atom is -0.327 e. The van der Waals surface area contributed by atoms with Crippen molar-refractivity contribution in [1.82, 2.24) is 4.98 Å². The second kappa shape index (κ2) is 6.96. The molecular weight excluding hydrogens is 341 g/mol. The largest absolute Gasteiger partial charge is 0.327 e. The number of aryl methyl sites for hydroxylation is 1. The van der Waals surface area contributed by atoms with Gasteiger partial charge in [0.15, 0.2) is 5.13 Å². The van der Waals surface area contributed by atoms with E-state index in [0.717, 1.165) is 30.5 Å². The second-order valence-electron chi connectivity index (χ2n) is 5.26. The molecule has 0 saturated carbocycles. The van der Waals surface area contributed by atoms with E-state index in [1.54, 1.807) is 18.2 Å². The highest BCUT2D eigenvalue weighted by Crippen LogP contribution is 2.30. The SMILES string of the molecule is Cc1c(Cl)cccc1C(=O)Nc1nc2c(s1)C[C@@H](N)CC2.Cl. The van der Waals surface area contributed by atoms with Gasteiger partial charge < -0.3 is 5.73 Å². The molecule has 1 aliphatic carbocycles. The number of rotatable bonds is 2. The molecule has 22 heavy (non-hydrogen) atoms. The maximum atomic E-state index is 12.3. The Hall–Kier alpha value is -1.14. The zero-order valence-electron chi connectivity index (χ0n) is 12.1. The van der Waals surface area contributed by atoms with Crippen molar-refractivity contribution >= 4 is 46.4 Å². The lowest BCUT2D eigenvalue weighted by atomic mass is 9.99. The number of halogens is 2. The Bertz CT molecular complexity index is 702. The van der Waals surface area contributed by atoms with Crippen LogP contribution in [0.3, 0.4) is 0 Å². The molecule has 1 aliphatic rings. The van der Waals surface area contributed by atoms with Gasteiger partial charge in [0.05, 0.1) is 5.69 Å². The molecule has 1 aromatic carbocycles. The maximum Gasteiger partial charge on any atom is 0.257 e. The van der Waals surface area contributed by atoms with Crippen LogP contribution in [-0.2, 0) is 12.8 Å². The summed E-state index contributed by atoms with van der Waals surface area (Å²) in [5.41, 5.74) is 8.39. The summed E-state index contributed by atoms with van der Waals surface area (Å²) < 4.78 is 0. The first kappa shape index (κ1) is 17.2. The average molecular weight is 358 g/mol. The van der Waals surface area contributed by atoms with E-state index in [-0.39, 0.29) is 24.4 Å². The number of hydrogen-bond acceptors (Lipinski definition) is 4. The molecule has 1 amide bonds. The molecule has 1 atom stereocenters. The fourth-order valence-corrected chi connectivity index (χ4v) is 3.74. The molecule has 0 spiro atoms. The Balaban J connectivity index is 0.00000176. The highest BCUT2D eigenvalue weighted by Gasteiger charge is 2.21. The minimum absolute atomic E-state index is 0. The fourth-order valence-electron chi connectivity index (χ4n) is 2.47. The molecule has 3 N–H and O–H groups in total. The Labute approximate surface area is 144 Å². The Morgan fingerprint density at radius 3 is 3.05 bits per heavy atom. The van der Waals surface area contributed by atoms with Crippen molar-refractivity contribution in [2.75, 3.05) is 5.32 Å². The van der Waals surface area contributed by atoms with Crippen molar-refractivity contribution in [1.29, 1.82) is 0 Å². The van der Waals surface area contributed by atoms with Crippen molar-refractivity contribution in [2.45, 2.75) is 32.2 Å². The number of benzene rings is 1. The van der Waals surface area contributed by atoms with Gasteiger partial charge in [0.2, 0.25) is 0 Å². The highest BCUT2D eigenvalue weighted by molar-refractivity contribution is 7.15. The molecule has 1 heterocycles. The summed E-state index contributed by atoms with van der Waals surface area (Å²) in [4.78, 5) is 18.0. The molecule has 4 nitrogen and oxygen atoms in total. The van der Waals surface area contributed by atoms with Gasteiger partial charge in [-0.15, -0.1) is 23.7 Å². The van der Waals surface area contributed by atoms with Crippen LogP contribution in [0.15, 0.2) is 18.2 Å².